The van der Waals surface area contributed by atoms with E-state index in [1.54, 1.807) is 12.1 Å². The Morgan fingerprint density at radius 3 is 2.92 bits per heavy atom. The maximum Gasteiger partial charge on any atom is 0.167 e. The van der Waals surface area contributed by atoms with Crippen LogP contribution in [0.2, 0.25) is 5.15 Å². The van der Waals surface area contributed by atoms with E-state index in [1.807, 2.05) is 0 Å². The van der Waals surface area contributed by atoms with Crippen LogP contribution in [0, 0.1) is 5.82 Å². The maximum absolute atomic E-state index is 13.0. The van der Waals surface area contributed by atoms with Gasteiger partial charge in [0.25, 0.3) is 0 Å². The third kappa shape index (κ3) is 1.02. The number of hydrogen-bond acceptors (Lipinski definition) is 2. The first kappa shape index (κ1) is 7.43. The zero-order valence-corrected chi connectivity index (χ0v) is 6.72. The molecule has 0 atom stereocenters. The lowest BCUT2D eigenvalue weighted by molar-refractivity contribution is 0.631. The molecule has 0 radical (unpaired) electrons. The minimum absolute atomic E-state index is 0.262. The van der Waals surface area contributed by atoms with Crippen molar-refractivity contribution < 1.29 is 4.39 Å². The van der Waals surface area contributed by atoms with Crippen LogP contribution in [0.3, 0.4) is 0 Å². The normalized spacial score (nSPS) is 10.5. The highest BCUT2D eigenvalue weighted by Crippen LogP contribution is 2.20. The van der Waals surface area contributed by atoms with Crippen LogP contribution in [0.5, 0.6) is 0 Å². The van der Waals surface area contributed by atoms with Crippen molar-refractivity contribution in [2.24, 2.45) is 0 Å². The second-order valence-corrected chi connectivity index (χ2v) is 2.65. The first-order valence-corrected chi connectivity index (χ1v) is 3.71. The fraction of sp³-hybridized carbons (Fsp3) is 0. The summed E-state index contributed by atoms with van der Waals surface area (Å²) in [6, 6.07) is 3.37. The number of hydrogen-bond donors (Lipinski definition) is 0. The van der Waals surface area contributed by atoms with Crippen molar-refractivity contribution in [1.82, 2.24) is 9.97 Å². The monoisotopic (exact) mass is 182 g/mol. The van der Waals surface area contributed by atoms with Crippen molar-refractivity contribution >= 4 is 22.5 Å². The van der Waals surface area contributed by atoms with Crippen molar-refractivity contribution in [3.05, 3.63) is 35.5 Å². The molecular formula is C8H4ClFN2. The molecule has 0 unspecified atom stereocenters. The van der Waals surface area contributed by atoms with Crippen molar-refractivity contribution in [2.75, 3.05) is 0 Å². The summed E-state index contributed by atoms with van der Waals surface area (Å²) in [5.41, 5.74) is 0.262. The highest BCUT2D eigenvalue weighted by molar-refractivity contribution is 6.34. The summed E-state index contributed by atoms with van der Waals surface area (Å²) in [5, 5.41) is 0.818. The summed E-state index contributed by atoms with van der Waals surface area (Å²) in [6.07, 6.45) is 2.58. The maximum atomic E-state index is 13.0. The van der Waals surface area contributed by atoms with E-state index >= 15 is 0 Å². The lowest BCUT2D eigenvalue weighted by atomic mass is 10.3. The number of fused-ring (bicyclic) bond motifs is 1. The highest BCUT2D eigenvalue weighted by Gasteiger charge is 2.04. The third-order valence-corrected chi connectivity index (χ3v) is 1.85. The van der Waals surface area contributed by atoms with Crippen molar-refractivity contribution in [3.8, 4) is 0 Å². The molecule has 0 aliphatic heterocycles. The molecule has 60 valence electrons. The number of halogens is 2. The standard InChI is InChI=1S/C8H4ClFN2/c9-8-5-2-1-3-11-7(5)6(10)4-12-8/h1-4H. The topological polar surface area (TPSA) is 25.8 Å². The van der Waals surface area contributed by atoms with Crippen LogP contribution in [0.4, 0.5) is 4.39 Å². The summed E-state index contributed by atoms with van der Waals surface area (Å²) in [5.74, 6) is -0.449. The Morgan fingerprint density at radius 2 is 2.17 bits per heavy atom. The van der Waals surface area contributed by atoms with E-state index in [4.69, 9.17) is 11.6 Å². The van der Waals surface area contributed by atoms with Crippen molar-refractivity contribution in [1.29, 1.82) is 0 Å². The fourth-order valence-corrected chi connectivity index (χ4v) is 1.21. The second-order valence-electron chi connectivity index (χ2n) is 2.30. The molecule has 0 spiro atoms. The van der Waals surface area contributed by atoms with Gasteiger partial charge in [-0.2, -0.15) is 0 Å². The van der Waals surface area contributed by atoms with Crippen molar-refractivity contribution in [3.63, 3.8) is 0 Å². The first-order valence-electron chi connectivity index (χ1n) is 3.34. The molecule has 0 fully saturated rings. The minimum Gasteiger partial charge on any atom is -0.253 e. The molecule has 2 aromatic rings. The molecule has 4 heteroatoms. The van der Waals surface area contributed by atoms with E-state index in [0.29, 0.717) is 5.39 Å². The lowest BCUT2D eigenvalue weighted by Gasteiger charge is -1.97. The summed E-state index contributed by atoms with van der Waals surface area (Å²) in [7, 11) is 0. The van der Waals surface area contributed by atoms with Gasteiger partial charge in [-0.25, -0.2) is 9.37 Å². The molecule has 0 amide bonds. The van der Waals surface area contributed by atoms with Gasteiger partial charge in [-0.1, -0.05) is 11.6 Å². The molecule has 12 heavy (non-hydrogen) atoms. The zero-order chi connectivity index (χ0) is 8.55. The van der Waals surface area contributed by atoms with Gasteiger partial charge in [0.05, 0.1) is 6.20 Å². The molecular weight excluding hydrogens is 179 g/mol. The Kier molecular flexibility index (Phi) is 1.66. The first-order chi connectivity index (χ1) is 5.79. The summed E-state index contributed by atoms with van der Waals surface area (Å²) < 4.78 is 13.0. The Morgan fingerprint density at radius 1 is 1.33 bits per heavy atom. The molecule has 0 saturated heterocycles. The number of pyridine rings is 2. The lowest BCUT2D eigenvalue weighted by Crippen LogP contribution is -1.86. The van der Waals surface area contributed by atoms with Crippen LogP contribution >= 0.6 is 11.6 Å². The van der Waals surface area contributed by atoms with Gasteiger partial charge in [0.1, 0.15) is 10.7 Å². The van der Waals surface area contributed by atoms with Gasteiger partial charge >= 0.3 is 0 Å². The third-order valence-electron chi connectivity index (χ3n) is 1.55. The molecule has 2 rings (SSSR count). The molecule has 0 bridgehead atoms. The molecule has 2 nitrogen and oxygen atoms in total. The smallest absolute Gasteiger partial charge is 0.167 e. The van der Waals surface area contributed by atoms with Crippen LogP contribution in [-0.4, -0.2) is 9.97 Å². The average molecular weight is 183 g/mol. The summed E-state index contributed by atoms with van der Waals surface area (Å²) in [4.78, 5) is 7.50. The SMILES string of the molecule is Fc1cnc(Cl)c2cccnc12. The molecule has 0 saturated carbocycles. The van der Waals surface area contributed by atoms with Gasteiger partial charge in [0.15, 0.2) is 5.82 Å². The van der Waals surface area contributed by atoms with E-state index in [-0.39, 0.29) is 10.7 Å². The van der Waals surface area contributed by atoms with Gasteiger partial charge in [-0.3, -0.25) is 4.98 Å². The van der Waals surface area contributed by atoms with Crippen molar-refractivity contribution in [2.45, 2.75) is 0 Å². The van der Waals surface area contributed by atoms with E-state index in [0.717, 1.165) is 6.20 Å². The highest BCUT2D eigenvalue weighted by atomic mass is 35.5. The fourth-order valence-electron chi connectivity index (χ4n) is 1.01. The number of nitrogens with zero attached hydrogens (tertiary/aromatic N) is 2. The molecule has 2 aromatic heterocycles. The molecule has 0 N–H and O–H groups in total. The molecule has 0 aliphatic carbocycles. The van der Waals surface area contributed by atoms with Crippen LogP contribution in [0.15, 0.2) is 24.5 Å². The van der Waals surface area contributed by atoms with Gasteiger partial charge in [-0.15, -0.1) is 0 Å². The van der Waals surface area contributed by atoms with E-state index in [1.165, 1.54) is 6.20 Å². The summed E-state index contributed by atoms with van der Waals surface area (Å²) >= 11 is 5.71. The average Bonchev–Trinajstić information content (AvgIpc) is 2.12. The van der Waals surface area contributed by atoms with E-state index in [2.05, 4.69) is 9.97 Å². The van der Waals surface area contributed by atoms with Crippen LogP contribution in [0.1, 0.15) is 0 Å². The van der Waals surface area contributed by atoms with Gasteiger partial charge < -0.3 is 0 Å². The number of aromatic nitrogens is 2. The Bertz CT molecular complexity index is 390. The second kappa shape index (κ2) is 2.68. The predicted molar refractivity (Wildman–Crippen MR) is 44.5 cm³/mol. The zero-order valence-electron chi connectivity index (χ0n) is 5.96. The van der Waals surface area contributed by atoms with Crippen LogP contribution in [-0.2, 0) is 0 Å². The molecule has 0 aromatic carbocycles. The van der Waals surface area contributed by atoms with Crippen LogP contribution in [0.25, 0.3) is 10.9 Å². The Balaban J connectivity index is 2.95. The van der Waals surface area contributed by atoms with Crippen LogP contribution < -0.4 is 0 Å². The molecule has 0 aliphatic rings. The van der Waals surface area contributed by atoms with E-state index in [9.17, 15) is 4.39 Å². The number of rotatable bonds is 0. The van der Waals surface area contributed by atoms with Gasteiger partial charge in [-0.05, 0) is 12.1 Å². The summed E-state index contributed by atoms with van der Waals surface area (Å²) in [6.45, 7) is 0. The largest absolute Gasteiger partial charge is 0.253 e. The molecule has 2 heterocycles. The van der Waals surface area contributed by atoms with Gasteiger partial charge in [0.2, 0.25) is 0 Å². The Hall–Kier alpha value is -1.22. The quantitative estimate of drug-likeness (QED) is 0.585. The van der Waals surface area contributed by atoms with Gasteiger partial charge in [0, 0.05) is 11.6 Å². The van der Waals surface area contributed by atoms with E-state index < -0.39 is 5.82 Å². The minimum atomic E-state index is -0.449. The predicted octanol–water partition coefficient (Wildman–Crippen LogP) is 2.42. The Labute approximate surface area is 73.0 Å².